The Morgan fingerprint density at radius 3 is 2.38 bits per heavy atom. The number of rotatable bonds is 4. The van der Waals surface area contributed by atoms with Crippen LogP contribution in [0.4, 0.5) is 13.2 Å². The molecule has 3 nitrogen and oxygen atoms in total. The van der Waals surface area contributed by atoms with E-state index in [-0.39, 0.29) is 0 Å². The van der Waals surface area contributed by atoms with Crippen LogP contribution in [0, 0.1) is 0 Å². The van der Waals surface area contributed by atoms with Crippen molar-refractivity contribution in [2.75, 3.05) is 33.3 Å². The van der Waals surface area contributed by atoms with Crippen LogP contribution in [0.3, 0.4) is 0 Å². The van der Waals surface area contributed by atoms with Crippen LogP contribution in [0.15, 0.2) is 36.4 Å². The molecule has 0 bridgehead atoms. The number of methoxy groups -OCH3 is 1. The van der Waals surface area contributed by atoms with E-state index in [1.807, 2.05) is 29.2 Å². The summed E-state index contributed by atoms with van der Waals surface area (Å²) in [6.07, 6.45) is -5.06. The zero-order valence-electron chi connectivity index (χ0n) is 13.6. The second-order valence-corrected chi connectivity index (χ2v) is 6.02. The minimum Gasteiger partial charge on any atom is -0.496 e. The molecule has 0 amide bonds. The van der Waals surface area contributed by atoms with Crippen molar-refractivity contribution < 1.29 is 17.9 Å². The predicted molar refractivity (Wildman–Crippen MR) is 88.4 cm³/mol. The Bertz CT molecular complexity index is 696. The van der Waals surface area contributed by atoms with Crippen LogP contribution >= 0.6 is 0 Å². The van der Waals surface area contributed by atoms with Gasteiger partial charge in [0.05, 0.1) is 13.5 Å². The van der Waals surface area contributed by atoms with Gasteiger partial charge in [-0.3, -0.25) is 4.90 Å². The highest BCUT2D eigenvalue weighted by Crippen LogP contribution is 2.39. The number of hydrogen-bond acceptors (Lipinski definition) is 3. The lowest BCUT2D eigenvalue weighted by atomic mass is 9.94. The van der Waals surface area contributed by atoms with E-state index in [4.69, 9.17) is 4.74 Å². The van der Waals surface area contributed by atoms with Crippen LogP contribution in [0.1, 0.15) is 18.0 Å². The molecule has 1 heterocycles. The lowest BCUT2D eigenvalue weighted by Crippen LogP contribution is -2.46. The maximum absolute atomic E-state index is 13.2. The van der Waals surface area contributed by atoms with Crippen molar-refractivity contribution in [3.05, 3.63) is 42.0 Å². The second kappa shape index (κ2) is 6.99. The SMILES string of the molecule is COc1ccc([C@@H](CC(F)(F)F)N2CCNCC2)c2ccccc12. The molecule has 1 fully saturated rings. The van der Waals surface area contributed by atoms with Gasteiger partial charge >= 0.3 is 6.18 Å². The molecule has 1 aliphatic rings. The van der Waals surface area contributed by atoms with Gasteiger partial charge in [0, 0.05) is 37.6 Å². The lowest BCUT2D eigenvalue weighted by molar-refractivity contribution is -0.148. The van der Waals surface area contributed by atoms with Crippen molar-refractivity contribution in [1.82, 2.24) is 10.2 Å². The number of alkyl halides is 3. The second-order valence-electron chi connectivity index (χ2n) is 6.02. The maximum Gasteiger partial charge on any atom is 0.390 e. The van der Waals surface area contributed by atoms with Crippen molar-refractivity contribution in [3.8, 4) is 5.75 Å². The zero-order valence-corrected chi connectivity index (χ0v) is 13.6. The third kappa shape index (κ3) is 3.65. The minimum atomic E-state index is -4.21. The topological polar surface area (TPSA) is 24.5 Å². The summed E-state index contributed by atoms with van der Waals surface area (Å²) in [4.78, 5) is 1.93. The van der Waals surface area contributed by atoms with Gasteiger partial charge in [0.15, 0.2) is 0 Å². The van der Waals surface area contributed by atoms with E-state index in [0.29, 0.717) is 37.5 Å². The smallest absolute Gasteiger partial charge is 0.390 e. The molecule has 1 aliphatic heterocycles. The normalized spacial score (nSPS) is 17.8. The zero-order chi connectivity index (χ0) is 17.2. The highest BCUT2D eigenvalue weighted by molar-refractivity contribution is 5.91. The first-order valence-corrected chi connectivity index (χ1v) is 8.07. The van der Waals surface area contributed by atoms with Gasteiger partial charge in [-0.25, -0.2) is 0 Å². The molecule has 0 radical (unpaired) electrons. The number of nitrogens with zero attached hydrogens (tertiary/aromatic N) is 1. The van der Waals surface area contributed by atoms with Crippen molar-refractivity contribution >= 4 is 10.8 Å². The van der Waals surface area contributed by atoms with E-state index < -0.39 is 18.6 Å². The third-order valence-electron chi connectivity index (χ3n) is 4.51. The average Bonchev–Trinajstić information content (AvgIpc) is 2.59. The first-order valence-electron chi connectivity index (χ1n) is 8.07. The highest BCUT2D eigenvalue weighted by atomic mass is 19.4. The monoisotopic (exact) mass is 338 g/mol. The Morgan fingerprint density at radius 1 is 1.08 bits per heavy atom. The Hall–Kier alpha value is -1.79. The maximum atomic E-state index is 13.2. The van der Waals surface area contributed by atoms with E-state index >= 15 is 0 Å². The van der Waals surface area contributed by atoms with Gasteiger partial charge in [0.2, 0.25) is 0 Å². The molecule has 0 unspecified atom stereocenters. The summed E-state index contributed by atoms with van der Waals surface area (Å²) in [5.41, 5.74) is 0.714. The molecule has 24 heavy (non-hydrogen) atoms. The van der Waals surface area contributed by atoms with Gasteiger partial charge in [-0.05, 0) is 17.0 Å². The summed E-state index contributed by atoms with van der Waals surface area (Å²) < 4.78 is 45.0. The van der Waals surface area contributed by atoms with Gasteiger partial charge in [0.1, 0.15) is 5.75 Å². The van der Waals surface area contributed by atoms with Crippen LogP contribution in [0.25, 0.3) is 10.8 Å². The van der Waals surface area contributed by atoms with E-state index in [2.05, 4.69) is 5.32 Å². The van der Waals surface area contributed by atoms with Crippen molar-refractivity contribution in [2.24, 2.45) is 0 Å². The number of nitrogens with one attached hydrogen (secondary N) is 1. The first-order chi connectivity index (χ1) is 11.5. The van der Waals surface area contributed by atoms with Crippen molar-refractivity contribution in [2.45, 2.75) is 18.6 Å². The van der Waals surface area contributed by atoms with E-state index in [0.717, 1.165) is 10.8 Å². The van der Waals surface area contributed by atoms with Gasteiger partial charge in [-0.15, -0.1) is 0 Å². The summed E-state index contributed by atoms with van der Waals surface area (Å²) in [6.45, 7) is 2.65. The predicted octanol–water partition coefficient (Wildman–Crippen LogP) is 3.75. The van der Waals surface area contributed by atoms with E-state index in [9.17, 15) is 13.2 Å². The molecule has 2 aromatic carbocycles. The number of ether oxygens (including phenoxy) is 1. The largest absolute Gasteiger partial charge is 0.496 e. The number of fused-ring (bicyclic) bond motifs is 1. The van der Waals surface area contributed by atoms with Crippen LogP contribution in [-0.2, 0) is 0 Å². The van der Waals surface area contributed by atoms with E-state index in [1.165, 1.54) is 0 Å². The molecule has 0 aliphatic carbocycles. The number of benzene rings is 2. The van der Waals surface area contributed by atoms with Gasteiger partial charge in [-0.1, -0.05) is 30.3 Å². The fourth-order valence-electron chi connectivity index (χ4n) is 3.41. The quantitative estimate of drug-likeness (QED) is 0.919. The number of halogens is 3. The minimum absolute atomic E-state index is 0.612. The Kier molecular flexibility index (Phi) is 4.96. The molecule has 0 saturated carbocycles. The van der Waals surface area contributed by atoms with Crippen LogP contribution < -0.4 is 10.1 Å². The fraction of sp³-hybridized carbons (Fsp3) is 0.444. The molecular formula is C18H21F3N2O. The number of piperazine rings is 1. The molecular weight excluding hydrogens is 317 g/mol. The van der Waals surface area contributed by atoms with Gasteiger partial charge in [-0.2, -0.15) is 13.2 Å². The summed E-state index contributed by atoms with van der Waals surface area (Å²) in [5.74, 6) is 0.681. The van der Waals surface area contributed by atoms with Crippen LogP contribution in [0.5, 0.6) is 5.75 Å². The molecule has 0 spiro atoms. The third-order valence-corrected chi connectivity index (χ3v) is 4.51. The molecule has 1 saturated heterocycles. The fourth-order valence-corrected chi connectivity index (χ4v) is 3.41. The lowest BCUT2D eigenvalue weighted by Gasteiger charge is -2.36. The highest BCUT2D eigenvalue weighted by Gasteiger charge is 2.36. The molecule has 1 atom stereocenters. The summed E-state index contributed by atoms with van der Waals surface area (Å²) in [6, 6.07) is 10.4. The summed E-state index contributed by atoms with van der Waals surface area (Å²) in [7, 11) is 1.57. The number of hydrogen-bond donors (Lipinski definition) is 1. The van der Waals surface area contributed by atoms with E-state index in [1.54, 1.807) is 19.2 Å². The molecule has 130 valence electrons. The Morgan fingerprint density at radius 2 is 1.75 bits per heavy atom. The van der Waals surface area contributed by atoms with Gasteiger partial charge < -0.3 is 10.1 Å². The average molecular weight is 338 g/mol. The van der Waals surface area contributed by atoms with Crippen molar-refractivity contribution in [3.63, 3.8) is 0 Å². The standard InChI is InChI=1S/C18H21F3N2O/c1-24-17-7-6-14(13-4-2-3-5-15(13)17)16(12-18(19,20)21)23-10-8-22-9-11-23/h2-7,16,22H,8-12H2,1H3/t16-/m1/s1. The first kappa shape index (κ1) is 17.0. The van der Waals surface area contributed by atoms with Crippen LogP contribution in [0.2, 0.25) is 0 Å². The molecule has 6 heteroatoms. The summed E-state index contributed by atoms with van der Waals surface area (Å²) >= 11 is 0. The summed E-state index contributed by atoms with van der Waals surface area (Å²) in [5, 5.41) is 4.87. The molecule has 1 N–H and O–H groups in total. The Balaban J connectivity index is 2.08. The molecule has 0 aromatic heterocycles. The van der Waals surface area contributed by atoms with Crippen LogP contribution in [-0.4, -0.2) is 44.4 Å². The Labute approximate surface area is 139 Å². The molecule has 3 rings (SSSR count). The van der Waals surface area contributed by atoms with Gasteiger partial charge in [0.25, 0.3) is 0 Å². The molecule has 2 aromatic rings. The van der Waals surface area contributed by atoms with Crippen molar-refractivity contribution in [1.29, 1.82) is 0 Å².